The number of carbonyl (C=O) groups is 2. The van der Waals surface area contributed by atoms with Crippen molar-refractivity contribution in [2.45, 2.75) is 13.0 Å². The van der Waals surface area contributed by atoms with Crippen molar-refractivity contribution in [2.75, 3.05) is 19.8 Å². The van der Waals surface area contributed by atoms with Crippen LogP contribution in [-0.2, 0) is 27.4 Å². The summed E-state index contributed by atoms with van der Waals surface area (Å²) in [5, 5.41) is 2.56. The van der Waals surface area contributed by atoms with E-state index in [2.05, 4.69) is 5.32 Å². The quantitative estimate of drug-likeness (QED) is 0.812. The van der Waals surface area contributed by atoms with Crippen molar-refractivity contribution in [3.05, 3.63) is 59.7 Å². The number of hydrogen-bond donors (Lipinski definition) is 1. The van der Waals surface area contributed by atoms with Crippen molar-refractivity contribution < 1.29 is 23.8 Å². The van der Waals surface area contributed by atoms with E-state index in [1.807, 2.05) is 30.3 Å². The Bertz CT molecular complexity index is 745. The van der Waals surface area contributed by atoms with Gasteiger partial charge in [-0.3, -0.25) is 9.59 Å². The molecule has 6 nitrogen and oxygen atoms in total. The van der Waals surface area contributed by atoms with Crippen LogP contribution in [0.1, 0.15) is 11.1 Å². The molecule has 1 heterocycles. The van der Waals surface area contributed by atoms with Crippen molar-refractivity contribution in [3.63, 3.8) is 0 Å². The second kappa shape index (κ2) is 8.19. The molecule has 0 saturated heterocycles. The monoisotopic (exact) mass is 341 g/mol. The number of amides is 1. The van der Waals surface area contributed by atoms with Crippen LogP contribution in [0.4, 0.5) is 0 Å². The van der Waals surface area contributed by atoms with Gasteiger partial charge >= 0.3 is 5.97 Å². The lowest BCUT2D eigenvalue weighted by Crippen LogP contribution is -2.31. The average molecular weight is 341 g/mol. The molecule has 6 heteroatoms. The van der Waals surface area contributed by atoms with Gasteiger partial charge in [-0.1, -0.05) is 36.4 Å². The first kappa shape index (κ1) is 16.8. The van der Waals surface area contributed by atoms with E-state index in [1.165, 1.54) is 0 Å². The fraction of sp³-hybridized carbons (Fsp3) is 0.263. The van der Waals surface area contributed by atoms with E-state index in [-0.39, 0.29) is 25.5 Å². The molecular formula is C19H19NO5. The molecule has 0 fully saturated rings. The van der Waals surface area contributed by atoms with Gasteiger partial charge < -0.3 is 19.5 Å². The molecule has 0 bridgehead atoms. The van der Waals surface area contributed by atoms with Crippen LogP contribution in [0.25, 0.3) is 0 Å². The highest BCUT2D eigenvalue weighted by molar-refractivity contribution is 5.83. The van der Waals surface area contributed by atoms with Crippen LogP contribution in [0, 0.1) is 0 Å². The van der Waals surface area contributed by atoms with Crippen molar-refractivity contribution in [1.82, 2.24) is 5.32 Å². The normalized spacial score (nSPS) is 12.3. The highest BCUT2D eigenvalue weighted by atomic mass is 16.6. The number of carbonyl (C=O) groups excluding carboxylic acids is 2. The third-order valence-electron chi connectivity index (χ3n) is 3.64. The molecule has 0 aliphatic carbocycles. The largest absolute Gasteiger partial charge is 0.486 e. The summed E-state index contributed by atoms with van der Waals surface area (Å²) in [4.78, 5) is 23.7. The minimum Gasteiger partial charge on any atom is -0.486 e. The molecular weight excluding hydrogens is 322 g/mol. The Morgan fingerprint density at radius 1 is 0.960 bits per heavy atom. The van der Waals surface area contributed by atoms with Crippen LogP contribution in [-0.4, -0.2) is 31.6 Å². The van der Waals surface area contributed by atoms with E-state index in [4.69, 9.17) is 14.2 Å². The molecule has 3 rings (SSSR count). The molecule has 1 aliphatic rings. The summed E-state index contributed by atoms with van der Waals surface area (Å²) >= 11 is 0. The van der Waals surface area contributed by atoms with Crippen LogP contribution < -0.4 is 14.8 Å². The summed E-state index contributed by atoms with van der Waals surface area (Å²) in [5.74, 6) is 0.589. The highest BCUT2D eigenvalue weighted by Crippen LogP contribution is 2.30. The van der Waals surface area contributed by atoms with Gasteiger partial charge in [0, 0.05) is 0 Å². The molecule has 1 aliphatic heterocycles. The molecule has 130 valence electrons. The standard InChI is InChI=1S/C19H19NO5/c21-18(11-15-6-7-16-17(10-15)24-9-8-23-16)20-12-19(22)25-13-14-4-2-1-3-5-14/h1-7,10H,8-9,11-13H2,(H,20,21). The number of benzene rings is 2. The second-order valence-electron chi connectivity index (χ2n) is 5.58. The molecule has 0 radical (unpaired) electrons. The van der Waals surface area contributed by atoms with Gasteiger partial charge in [0.1, 0.15) is 26.4 Å². The number of nitrogens with one attached hydrogen (secondary N) is 1. The Morgan fingerprint density at radius 3 is 2.52 bits per heavy atom. The van der Waals surface area contributed by atoms with Crippen molar-refractivity contribution in [1.29, 1.82) is 0 Å². The SMILES string of the molecule is O=C(Cc1ccc2c(c1)OCCO2)NCC(=O)OCc1ccccc1. The lowest BCUT2D eigenvalue weighted by molar-refractivity contribution is -0.145. The molecule has 0 spiro atoms. The van der Waals surface area contributed by atoms with Gasteiger partial charge in [-0.15, -0.1) is 0 Å². The summed E-state index contributed by atoms with van der Waals surface area (Å²) in [7, 11) is 0. The molecule has 2 aromatic carbocycles. The van der Waals surface area contributed by atoms with E-state index in [9.17, 15) is 9.59 Å². The number of rotatable bonds is 6. The number of fused-ring (bicyclic) bond motifs is 1. The lowest BCUT2D eigenvalue weighted by atomic mass is 10.1. The molecule has 25 heavy (non-hydrogen) atoms. The Hall–Kier alpha value is -3.02. The van der Waals surface area contributed by atoms with Crippen LogP contribution in [0.2, 0.25) is 0 Å². The predicted octanol–water partition coefficient (Wildman–Crippen LogP) is 1.86. The first-order chi connectivity index (χ1) is 12.2. The average Bonchev–Trinajstić information content (AvgIpc) is 2.65. The van der Waals surface area contributed by atoms with Crippen LogP contribution in [0.15, 0.2) is 48.5 Å². The summed E-state index contributed by atoms with van der Waals surface area (Å²) in [6, 6.07) is 14.7. The fourth-order valence-corrected chi connectivity index (χ4v) is 2.41. The molecule has 2 aromatic rings. The van der Waals surface area contributed by atoms with E-state index in [1.54, 1.807) is 18.2 Å². The van der Waals surface area contributed by atoms with Gasteiger partial charge in [-0.05, 0) is 23.3 Å². The topological polar surface area (TPSA) is 73.9 Å². The highest BCUT2D eigenvalue weighted by Gasteiger charge is 2.13. The first-order valence-electron chi connectivity index (χ1n) is 8.05. The maximum atomic E-state index is 12.0. The minimum atomic E-state index is -0.473. The molecule has 1 N–H and O–H groups in total. The fourth-order valence-electron chi connectivity index (χ4n) is 2.41. The van der Waals surface area contributed by atoms with Crippen molar-refractivity contribution in [3.8, 4) is 11.5 Å². The van der Waals surface area contributed by atoms with Crippen LogP contribution in [0.3, 0.4) is 0 Å². The summed E-state index contributed by atoms with van der Waals surface area (Å²) in [6.45, 7) is 1.06. The van der Waals surface area contributed by atoms with Crippen molar-refractivity contribution >= 4 is 11.9 Å². The summed E-state index contributed by atoms with van der Waals surface area (Å²) in [5.41, 5.74) is 1.69. The van der Waals surface area contributed by atoms with Crippen LogP contribution >= 0.6 is 0 Å². The smallest absolute Gasteiger partial charge is 0.325 e. The third kappa shape index (κ3) is 4.97. The van der Waals surface area contributed by atoms with E-state index < -0.39 is 5.97 Å². The number of ether oxygens (including phenoxy) is 3. The van der Waals surface area contributed by atoms with Gasteiger partial charge in [-0.25, -0.2) is 0 Å². The Kier molecular flexibility index (Phi) is 5.51. The Labute approximate surface area is 145 Å². The summed E-state index contributed by atoms with van der Waals surface area (Å²) in [6.07, 6.45) is 0.155. The van der Waals surface area contributed by atoms with Gasteiger partial charge in [0.25, 0.3) is 0 Å². The maximum Gasteiger partial charge on any atom is 0.325 e. The van der Waals surface area contributed by atoms with Gasteiger partial charge in [0.2, 0.25) is 5.91 Å². The summed E-state index contributed by atoms with van der Waals surface area (Å²) < 4.78 is 16.0. The van der Waals surface area contributed by atoms with Gasteiger partial charge in [0.15, 0.2) is 11.5 Å². The Morgan fingerprint density at radius 2 is 1.72 bits per heavy atom. The number of esters is 1. The second-order valence-corrected chi connectivity index (χ2v) is 5.58. The molecule has 0 aromatic heterocycles. The van der Waals surface area contributed by atoms with Crippen molar-refractivity contribution in [2.24, 2.45) is 0 Å². The van der Waals surface area contributed by atoms with Gasteiger partial charge in [0.05, 0.1) is 6.42 Å². The zero-order chi connectivity index (χ0) is 17.5. The lowest BCUT2D eigenvalue weighted by Gasteiger charge is -2.18. The van der Waals surface area contributed by atoms with E-state index >= 15 is 0 Å². The first-order valence-corrected chi connectivity index (χ1v) is 8.05. The molecule has 0 atom stereocenters. The molecule has 0 saturated carbocycles. The molecule has 1 amide bonds. The van der Waals surface area contributed by atoms with E-state index in [0.717, 1.165) is 11.1 Å². The molecule has 0 unspecified atom stereocenters. The number of hydrogen-bond acceptors (Lipinski definition) is 5. The Balaban J connectivity index is 1.42. The van der Waals surface area contributed by atoms with Crippen LogP contribution in [0.5, 0.6) is 11.5 Å². The predicted molar refractivity (Wildman–Crippen MR) is 90.4 cm³/mol. The maximum absolute atomic E-state index is 12.0. The minimum absolute atomic E-state index is 0.155. The zero-order valence-electron chi connectivity index (χ0n) is 13.7. The van der Waals surface area contributed by atoms with E-state index in [0.29, 0.717) is 24.7 Å². The van der Waals surface area contributed by atoms with Gasteiger partial charge in [-0.2, -0.15) is 0 Å². The zero-order valence-corrected chi connectivity index (χ0v) is 13.7. The third-order valence-corrected chi connectivity index (χ3v) is 3.64.